The summed E-state index contributed by atoms with van der Waals surface area (Å²) in [5.41, 5.74) is 5.79. The van der Waals surface area contributed by atoms with E-state index in [0.717, 1.165) is 25.7 Å². The zero-order chi connectivity index (χ0) is 13.2. The normalized spacial score (nSPS) is 29.4. The van der Waals surface area contributed by atoms with Crippen molar-refractivity contribution in [1.29, 1.82) is 0 Å². The van der Waals surface area contributed by atoms with Crippen LogP contribution in [0.3, 0.4) is 0 Å². The maximum atomic E-state index is 11.9. The molecule has 0 spiro atoms. The lowest BCUT2D eigenvalue weighted by molar-refractivity contribution is -0.140. The molecule has 2 aliphatic carbocycles. The molecule has 0 aromatic rings. The molecule has 4 N–H and O–H groups in total. The maximum Gasteiger partial charge on any atom is 0.310 e. The van der Waals surface area contributed by atoms with Crippen molar-refractivity contribution in [2.45, 2.75) is 50.1 Å². The summed E-state index contributed by atoms with van der Waals surface area (Å²) < 4.78 is 0. The molecule has 100 valence electrons. The van der Waals surface area contributed by atoms with Crippen LogP contribution in [0.4, 0.5) is 0 Å². The highest BCUT2D eigenvalue weighted by Crippen LogP contribution is 2.30. The smallest absolute Gasteiger partial charge is 0.310 e. The summed E-state index contributed by atoms with van der Waals surface area (Å²) in [6.07, 6.45) is 8.17. The molecule has 0 aromatic carbocycles. The predicted octanol–water partition coefficient (Wildman–Crippen LogP) is 0.793. The molecule has 0 aromatic heterocycles. The largest absolute Gasteiger partial charge is 0.481 e. The summed E-state index contributed by atoms with van der Waals surface area (Å²) in [5.74, 6) is -1.39. The molecular formula is C13H20N2O3. The highest BCUT2D eigenvalue weighted by atomic mass is 16.4. The van der Waals surface area contributed by atoms with E-state index in [1.54, 1.807) is 12.2 Å². The Hall–Kier alpha value is -1.36. The Morgan fingerprint density at radius 1 is 1.33 bits per heavy atom. The highest BCUT2D eigenvalue weighted by Gasteiger charge is 2.33. The van der Waals surface area contributed by atoms with Crippen molar-refractivity contribution in [2.24, 2.45) is 11.7 Å². The molecule has 0 radical (unpaired) electrons. The quantitative estimate of drug-likeness (QED) is 0.645. The zero-order valence-electron chi connectivity index (χ0n) is 10.4. The number of amides is 1. The van der Waals surface area contributed by atoms with Crippen LogP contribution in [0.15, 0.2) is 12.2 Å². The average molecular weight is 252 g/mol. The molecule has 0 saturated heterocycles. The first-order valence-corrected chi connectivity index (χ1v) is 6.48. The van der Waals surface area contributed by atoms with Crippen molar-refractivity contribution >= 4 is 11.9 Å². The third kappa shape index (κ3) is 3.10. The first kappa shape index (κ1) is 13.1. The first-order chi connectivity index (χ1) is 8.48. The lowest BCUT2D eigenvalue weighted by Crippen LogP contribution is -2.44. The average Bonchev–Trinajstić information content (AvgIpc) is 2.87. The summed E-state index contributed by atoms with van der Waals surface area (Å²) >= 11 is 0. The van der Waals surface area contributed by atoms with Gasteiger partial charge in [-0.3, -0.25) is 9.59 Å². The van der Waals surface area contributed by atoms with Crippen molar-refractivity contribution in [3.63, 3.8) is 0 Å². The molecular weight excluding hydrogens is 232 g/mol. The number of nitrogens with one attached hydrogen (secondary N) is 1. The van der Waals surface area contributed by atoms with E-state index >= 15 is 0 Å². The van der Waals surface area contributed by atoms with Gasteiger partial charge in [0.05, 0.1) is 5.92 Å². The zero-order valence-corrected chi connectivity index (χ0v) is 10.4. The van der Waals surface area contributed by atoms with Gasteiger partial charge in [-0.05, 0) is 19.3 Å². The van der Waals surface area contributed by atoms with Gasteiger partial charge in [0, 0.05) is 18.0 Å². The van der Waals surface area contributed by atoms with Gasteiger partial charge in [0.1, 0.15) is 0 Å². The van der Waals surface area contributed by atoms with Crippen LogP contribution < -0.4 is 11.1 Å². The second kappa shape index (κ2) is 5.10. The van der Waals surface area contributed by atoms with E-state index in [1.165, 1.54) is 0 Å². The van der Waals surface area contributed by atoms with E-state index in [9.17, 15) is 9.59 Å². The van der Waals surface area contributed by atoms with Gasteiger partial charge in [-0.25, -0.2) is 0 Å². The molecule has 2 aliphatic rings. The summed E-state index contributed by atoms with van der Waals surface area (Å²) in [7, 11) is 0. The van der Waals surface area contributed by atoms with E-state index in [0.29, 0.717) is 12.8 Å². The van der Waals surface area contributed by atoms with Crippen LogP contribution in [-0.2, 0) is 9.59 Å². The Bertz CT molecular complexity index is 372. The number of aliphatic carboxylic acids is 1. The van der Waals surface area contributed by atoms with Crippen LogP contribution in [0, 0.1) is 5.92 Å². The van der Waals surface area contributed by atoms with E-state index in [-0.39, 0.29) is 17.5 Å². The van der Waals surface area contributed by atoms with Gasteiger partial charge < -0.3 is 16.2 Å². The minimum atomic E-state index is -0.839. The van der Waals surface area contributed by atoms with Crippen LogP contribution in [0.2, 0.25) is 0 Å². The second-order valence-electron chi connectivity index (χ2n) is 5.49. The topological polar surface area (TPSA) is 92.4 Å². The summed E-state index contributed by atoms with van der Waals surface area (Å²) in [4.78, 5) is 22.6. The van der Waals surface area contributed by atoms with Crippen LogP contribution >= 0.6 is 0 Å². The summed E-state index contributed by atoms with van der Waals surface area (Å²) in [6.45, 7) is 0. The minimum Gasteiger partial charge on any atom is -0.481 e. The number of hydrogen-bond donors (Lipinski definition) is 3. The van der Waals surface area contributed by atoms with Crippen molar-refractivity contribution in [1.82, 2.24) is 5.32 Å². The van der Waals surface area contributed by atoms with E-state index in [4.69, 9.17) is 10.8 Å². The number of hydrogen-bond acceptors (Lipinski definition) is 3. The monoisotopic (exact) mass is 252 g/mol. The van der Waals surface area contributed by atoms with Crippen LogP contribution in [0.25, 0.3) is 0 Å². The van der Waals surface area contributed by atoms with Gasteiger partial charge in [-0.15, -0.1) is 0 Å². The van der Waals surface area contributed by atoms with E-state index in [1.807, 2.05) is 0 Å². The van der Waals surface area contributed by atoms with Gasteiger partial charge >= 0.3 is 5.97 Å². The Balaban J connectivity index is 1.79. The minimum absolute atomic E-state index is 0.0694. The molecule has 1 saturated carbocycles. The number of nitrogens with two attached hydrogens (primary N) is 1. The second-order valence-corrected chi connectivity index (χ2v) is 5.49. The fourth-order valence-corrected chi connectivity index (χ4v) is 2.82. The van der Waals surface area contributed by atoms with Crippen molar-refractivity contribution in [3.8, 4) is 0 Å². The maximum absolute atomic E-state index is 11.9. The van der Waals surface area contributed by atoms with Crippen LogP contribution in [-0.4, -0.2) is 28.6 Å². The summed E-state index contributed by atoms with van der Waals surface area (Å²) in [5, 5.41) is 11.7. The fourth-order valence-electron chi connectivity index (χ4n) is 2.82. The molecule has 2 unspecified atom stereocenters. The van der Waals surface area contributed by atoms with Crippen LogP contribution in [0.1, 0.15) is 38.5 Å². The highest BCUT2D eigenvalue weighted by molar-refractivity contribution is 5.78. The molecule has 18 heavy (non-hydrogen) atoms. The Morgan fingerprint density at radius 3 is 2.56 bits per heavy atom. The SMILES string of the molecule is NC1(CC(=O)NC2C=CC(C(=O)O)C2)CCCC1. The first-order valence-electron chi connectivity index (χ1n) is 6.48. The van der Waals surface area contributed by atoms with E-state index < -0.39 is 11.9 Å². The van der Waals surface area contributed by atoms with Gasteiger partial charge in [0.2, 0.25) is 5.91 Å². The fraction of sp³-hybridized carbons (Fsp3) is 0.692. The van der Waals surface area contributed by atoms with Gasteiger partial charge in [0.15, 0.2) is 0 Å². The molecule has 2 atom stereocenters. The molecule has 1 fully saturated rings. The molecule has 5 nitrogen and oxygen atoms in total. The summed E-state index contributed by atoms with van der Waals surface area (Å²) in [6, 6.07) is -0.163. The van der Waals surface area contributed by atoms with Gasteiger partial charge in [-0.2, -0.15) is 0 Å². The van der Waals surface area contributed by atoms with Gasteiger partial charge in [-0.1, -0.05) is 25.0 Å². The number of rotatable bonds is 4. The number of carboxylic acids is 1. The van der Waals surface area contributed by atoms with Crippen molar-refractivity contribution in [3.05, 3.63) is 12.2 Å². The number of carbonyl (C=O) groups excluding carboxylic acids is 1. The van der Waals surface area contributed by atoms with Crippen molar-refractivity contribution in [2.75, 3.05) is 0 Å². The number of carboxylic acid groups (broad SMARTS) is 1. The standard InChI is InChI=1S/C13H20N2O3/c14-13(5-1-2-6-13)8-11(16)15-10-4-3-9(7-10)12(17)18/h3-4,9-10H,1-2,5-8,14H2,(H,15,16)(H,17,18). The Morgan fingerprint density at radius 2 is 2.00 bits per heavy atom. The third-order valence-corrected chi connectivity index (χ3v) is 3.86. The van der Waals surface area contributed by atoms with Crippen LogP contribution in [0.5, 0.6) is 0 Å². The molecule has 2 rings (SSSR count). The Kier molecular flexibility index (Phi) is 3.71. The number of carbonyl (C=O) groups is 2. The van der Waals surface area contributed by atoms with Gasteiger partial charge in [0.25, 0.3) is 0 Å². The van der Waals surface area contributed by atoms with Crippen molar-refractivity contribution < 1.29 is 14.7 Å². The molecule has 0 heterocycles. The predicted molar refractivity (Wildman–Crippen MR) is 66.8 cm³/mol. The molecule has 1 amide bonds. The molecule has 0 aliphatic heterocycles. The Labute approximate surface area is 106 Å². The molecule has 5 heteroatoms. The third-order valence-electron chi connectivity index (χ3n) is 3.86. The molecule has 0 bridgehead atoms. The lowest BCUT2D eigenvalue weighted by atomic mass is 9.94. The lowest BCUT2D eigenvalue weighted by Gasteiger charge is -2.23. The van der Waals surface area contributed by atoms with E-state index in [2.05, 4.69) is 5.32 Å².